The van der Waals surface area contributed by atoms with Gasteiger partial charge in [-0.3, -0.25) is 0 Å². The van der Waals surface area contributed by atoms with Crippen LogP contribution in [0.2, 0.25) is 5.02 Å². The molecule has 0 amide bonds. The van der Waals surface area contributed by atoms with Gasteiger partial charge in [0.05, 0.1) is 5.75 Å². The average molecular weight is 394 g/mol. The van der Waals surface area contributed by atoms with Crippen LogP contribution < -0.4 is 9.46 Å². The van der Waals surface area contributed by atoms with E-state index in [-0.39, 0.29) is 23.7 Å². The van der Waals surface area contributed by atoms with Crippen LogP contribution >= 0.6 is 11.6 Å². The fraction of sp³-hybridized carbons (Fsp3) is 0.158. The Morgan fingerprint density at radius 1 is 1.00 bits per heavy atom. The lowest BCUT2D eigenvalue weighted by Crippen LogP contribution is -2.29. The van der Waals surface area contributed by atoms with Gasteiger partial charge in [0.25, 0.3) is 0 Å². The zero-order valence-electron chi connectivity index (χ0n) is 13.8. The largest absolute Gasteiger partial charge is 0.492 e. The monoisotopic (exact) mass is 393 g/mol. The molecule has 0 radical (unpaired) electrons. The quantitative estimate of drug-likeness (QED) is 0.614. The van der Waals surface area contributed by atoms with Gasteiger partial charge in [0.15, 0.2) is 0 Å². The number of hydrogen-bond donors (Lipinski definition) is 1. The van der Waals surface area contributed by atoms with Crippen LogP contribution in [0.15, 0.2) is 60.7 Å². The van der Waals surface area contributed by atoms with Gasteiger partial charge in [-0.2, -0.15) is 0 Å². The highest BCUT2D eigenvalue weighted by Gasteiger charge is 2.17. The molecule has 0 bridgehead atoms. The Kier molecular flexibility index (Phi) is 5.76. The molecule has 1 N–H and O–H groups in total. The lowest BCUT2D eigenvalue weighted by molar-refractivity contribution is 0.326. The zero-order valence-corrected chi connectivity index (χ0v) is 15.4. The first kappa shape index (κ1) is 18.6. The van der Waals surface area contributed by atoms with Gasteiger partial charge < -0.3 is 4.74 Å². The van der Waals surface area contributed by atoms with Gasteiger partial charge in [-0.05, 0) is 23.6 Å². The molecule has 7 heteroatoms. The Morgan fingerprint density at radius 2 is 1.73 bits per heavy atom. The molecule has 0 saturated carbocycles. The summed E-state index contributed by atoms with van der Waals surface area (Å²) in [5, 5.41) is 2.08. The molecule has 136 valence electrons. The van der Waals surface area contributed by atoms with Crippen molar-refractivity contribution >= 4 is 32.4 Å². The Morgan fingerprint density at radius 3 is 2.54 bits per heavy atom. The molecule has 3 rings (SSSR count). The van der Waals surface area contributed by atoms with Crippen molar-refractivity contribution in [2.75, 3.05) is 13.2 Å². The van der Waals surface area contributed by atoms with Crippen molar-refractivity contribution < 1.29 is 17.5 Å². The molecule has 0 aromatic heterocycles. The van der Waals surface area contributed by atoms with Crippen LogP contribution in [-0.4, -0.2) is 21.6 Å². The van der Waals surface area contributed by atoms with E-state index in [4.69, 9.17) is 16.3 Å². The lowest BCUT2D eigenvalue weighted by Gasteiger charge is -2.11. The molecule has 0 spiro atoms. The molecule has 0 aliphatic heterocycles. The van der Waals surface area contributed by atoms with E-state index >= 15 is 0 Å². The molecule has 3 aromatic carbocycles. The molecule has 4 nitrogen and oxygen atoms in total. The van der Waals surface area contributed by atoms with Crippen molar-refractivity contribution in [2.24, 2.45) is 0 Å². The van der Waals surface area contributed by atoms with Crippen molar-refractivity contribution in [3.05, 3.63) is 77.1 Å². The third-order valence-corrected chi connectivity index (χ3v) is 5.49. The van der Waals surface area contributed by atoms with E-state index in [0.717, 1.165) is 10.8 Å². The molecule has 0 aliphatic carbocycles. The Hall–Kier alpha value is -2.15. The first-order valence-corrected chi connectivity index (χ1v) is 10.00. The van der Waals surface area contributed by atoms with Crippen LogP contribution in [-0.2, 0) is 15.8 Å². The van der Waals surface area contributed by atoms with Gasteiger partial charge in [0.2, 0.25) is 10.0 Å². The highest BCUT2D eigenvalue weighted by molar-refractivity contribution is 7.88. The number of benzene rings is 3. The van der Waals surface area contributed by atoms with E-state index in [1.807, 2.05) is 42.5 Å². The first-order chi connectivity index (χ1) is 12.5. The van der Waals surface area contributed by atoms with E-state index in [1.54, 1.807) is 0 Å². The average Bonchev–Trinajstić information content (AvgIpc) is 2.62. The third kappa shape index (κ3) is 4.52. The molecular formula is C19H17ClFNO3S. The molecule has 0 heterocycles. The van der Waals surface area contributed by atoms with Gasteiger partial charge in [-0.25, -0.2) is 17.5 Å². The summed E-state index contributed by atoms with van der Waals surface area (Å²) < 4.78 is 46.1. The predicted octanol–water partition coefficient (Wildman–Crippen LogP) is 4.13. The van der Waals surface area contributed by atoms with Crippen LogP contribution in [0.25, 0.3) is 10.8 Å². The van der Waals surface area contributed by atoms with Gasteiger partial charge in [-0.1, -0.05) is 54.1 Å². The fourth-order valence-corrected chi connectivity index (χ4v) is 4.07. The first-order valence-electron chi connectivity index (χ1n) is 7.97. The highest BCUT2D eigenvalue weighted by Crippen LogP contribution is 2.25. The van der Waals surface area contributed by atoms with Crippen molar-refractivity contribution in [3.63, 3.8) is 0 Å². The SMILES string of the molecule is O=S(=O)(Cc1c(F)cccc1Cl)NCCOc1cccc2ccccc12. The summed E-state index contributed by atoms with van der Waals surface area (Å²) in [4.78, 5) is 0. The number of ether oxygens (including phenoxy) is 1. The molecule has 0 unspecified atom stereocenters. The molecular weight excluding hydrogens is 377 g/mol. The van der Waals surface area contributed by atoms with E-state index in [0.29, 0.717) is 5.75 Å². The number of fused-ring (bicyclic) bond motifs is 1. The van der Waals surface area contributed by atoms with Gasteiger partial charge >= 0.3 is 0 Å². The van der Waals surface area contributed by atoms with Gasteiger partial charge in [0.1, 0.15) is 18.2 Å². The van der Waals surface area contributed by atoms with Crippen molar-refractivity contribution in [2.45, 2.75) is 5.75 Å². The number of hydrogen-bond acceptors (Lipinski definition) is 3. The Balaban J connectivity index is 1.59. The minimum atomic E-state index is -3.73. The zero-order chi connectivity index (χ0) is 18.6. The number of nitrogens with one attached hydrogen (secondary N) is 1. The normalized spacial score (nSPS) is 11.6. The number of halogens is 2. The second kappa shape index (κ2) is 8.03. The Bertz CT molecular complexity index is 999. The van der Waals surface area contributed by atoms with Crippen LogP contribution in [0, 0.1) is 5.82 Å². The summed E-state index contributed by atoms with van der Waals surface area (Å²) in [7, 11) is -3.73. The van der Waals surface area contributed by atoms with Crippen molar-refractivity contribution in [1.29, 1.82) is 0 Å². The number of rotatable bonds is 7. The van der Waals surface area contributed by atoms with Gasteiger partial charge in [0, 0.05) is 22.5 Å². The van der Waals surface area contributed by atoms with Crippen LogP contribution in [0.4, 0.5) is 4.39 Å². The summed E-state index contributed by atoms with van der Waals surface area (Å²) in [6.45, 7) is 0.218. The van der Waals surface area contributed by atoms with E-state index in [9.17, 15) is 12.8 Å². The Labute approximate surface area is 156 Å². The summed E-state index contributed by atoms with van der Waals surface area (Å²) in [5.41, 5.74) is -0.0448. The fourth-order valence-electron chi connectivity index (χ4n) is 2.59. The summed E-state index contributed by atoms with van der Waals surface area (Å²) in [6.07, 6.45) is 0. The second-order valence-electron chi connectivity index (χ2n) is 5.68. The van der Waals surface area contributed by atoms with Gasteiger partial charge in [-0.15, -0.1) is 0 Å². The lowest BCUT2D eigenvalue weighted by atomic mass is 10.1. The summed E-state index contributed by atoms with van der Waals surface area (Å²) in [6, 6.07) is 17.5. The maximum atomic E-state index is 13.7. The molecule has 0 aliphatic rings. The molecule has 3 aromatic rings. The van der Waals surface area contributed by atoms with E-state index in [1.165, 1.54) is 18.2 Å². The van der Waals surface area contributed by atoms with E-state index in [2.05, 4.69) is 4.72 Å². The maximum absolute atomic E-state index is 13.7. The molecule has 0 atom stereocenters. The minimum Gasteiger partial charge on any atom is -0.492 e. The minimum absolute atomic E-state index is 0.0448. The van der Waals surface area contributed by atoms with E-state index < -0.39 is 21.6 Å². The van der Waals surface area contributed by atoms with Crippen LogP contribution in [0.1, 0.15) is 5.56 Å². The summed E-state index contributed by atoms with van der Waals surface area (Å²) in [5.74, 6) is -0.485. The number of sulfonamides is 1. The highest BCUT2D eigenvalue weighted by atomic mass is 35.5. The standard InChI is InChI=1S/C19H17ClFNO3S/c20-17-8-4-9-18(21)16(17)13-26(23,24)22-11-12-25-19-10-3-6-14-5-1-2-7-15(14)19/h1-10,22H,11-13H2. The third-order valence-electron chi connectivity index (χ3n) is 3.83. The summed E-state index contributed by atoms with van der Waals surface area (Å²) >= 11 is 5.88. The molecule has 26 heavy (non-hydrogen) atoms. The van der Waals surface area contributed by atoms with Crippen LogP contribution in [0.5, 0.6) is 5.75 Å². The molecule has 0 fully saturated rings. The van der Waals surface area contributed by atoms with Crippen molar-refractivity contribution in [1.82, 2.24) is 4.72 Å². The second-order valence-corrected chi connectivity index (χ2v) is 7.89. The predicted molar refractivity (Wildman–Crippen MR) is 101 cm³/mol. The smallest absolute Gasteiger partial charge is 0.216 e. The maximum Gasteiger partial charge on any atom is 0.216 e. The van der Waals surface area contributed by atoms with Crippen LogP contribution in [0.3, 0.4) is 0 Å². The van der Waals surface area contributed by atoms with Crippen molar-refractivity contribution in [3.8, 4) is 5.75 Å². The molecule has 0 saturated heterocycles. The topological polar surface area (TPSA) is 55.4 Å².